The molecule has 1 aromatic heterocycles. The van der Waals surface area contributed by atoms with E-state index < -0.39 is 13.8 Å². The number of halogens is 1. The van der Waals surface area contributed by atoms with E-state index in [1.165, 1.54) is 116 Å². The Hall–Kier alpha value is -2.24. The Labute approximate surface area is 403 Å². The number of unbranched alkanes of at least 4 members (excludes halogenated alkanes) is 18. The van der Waals surface area contributed by atoms with Crippen LogP contribution in [0.1, 0.15) is 154 Å². The molecule has 17 heteroatoms. The molecule has 1 atom stereocenters. The molecule has 2 aromatic rings. The molecular weight excluding hydrogens is 885 g/mol. The van der Waals surface area contributed by atoms with E-state index in [0.29, 0.717) is 112 Å². The van der Waals surface area contributed by atoms with Crippen molar-refractivity contribution in [1.82, 2.24) is 15.0 Å². The number of nitrogens with zero attached hydrogens (tertiary/aromatic N) is 3. The van der Waals surface area contributed by atoms with Crippen molar-refractivity contribution in [2.24, 2.45) is 0 Å². The van der Waals surface area contributed by atoms with Crippen LogP contribution in [-0.4, -0.2) is 138 Å². The van der Waals surface area contributed by atoms with Crippen molar-refractivity contribution in [1.29, 1.82) is 0 Å². The highest BCUT2D eigenvalue weighted by atomic mass is 31.2. The summed E-state index contributed by atoms with van der Waals surface area (Å²) >= 11 is 0. The summed E-state index contributed by atoms with van der Waals surface area (Å²) in [5.74, 6) is 1.69. The highest BCUT2D eigenvalue weighted by molar-refractivity contribution is 7.52. The molecule has 1 heterocycles. The topological polar surface area (TPSA) is 160 Å². The van der Waals surface area contributed by atoms with Gasteiger partial charge in [0.2, 0.25) is 0 Å². The van der Waals surface area contributed by atoms with Crippen LogP contribution in [0.25, 0.3) is 0 Å². The van der Waals surface area contributed by atoms with Gasteiger partial charge in [0.1, 0.15) is 17.2 Å². The number of ether oxygens (including phenoxy) is 10. The lowest BCUT2D eigenvalue weighted by atomic mass is 10.1. The summed E-state index contributed by atoms with van der Waals surface area (Å²) in [5.41, 5.74) is 1.82. The minimum Gasteiger partial charge on any atom is -0.493 e. The third-order valence-electron chi connectivity index (χ3n) is 10.8. The maximum absolute atomic E-state index is 12.5. The van der Waals surface area contributed by atoms with Crippen LogP contribution in [0.3, 0.4) is 0 Å². The molecule has 390 valence electrons. The second-order valence-electron chi connectivity index (χ2n) is 17.0. The van der Waals surface area contributed by atoms with Crippen molar-refractivity contribution in [2.75, 3.05) is 118 Å². The molecule has 1 N–H and O–H groups in total. The zero-order chi connectivity index (χ0) is 48.0. The van der Waals surface area contributed by atoms with Crippen LogP contribution in [0, 0.1) is 0 Å². The SMILES string of the molecule is CCCCCCCCCCCCOc1cc(Cn2cc(COCCOCCOCCOCCOCCOCCOCCOCCP(=O)(O)F)nn2)cc(OCCCCCCCCCCCC)c1. The molecule has 1 unspecified atom stereocenters. The molecule has 15 nitrogen and oxygen atoms in total. The molecule has 0 saturated carbocycles. The smallest absolute Gasteiger partial charge is 0.367 e. The summed E-state index contributed by atoms with van der Waals surface area (Å²) in [6.07, 6.45) is 27.4. The van der Waals surface area contributed by atoms with Crippen molar-refractivity contribution in [3.8, 4) is 11.5 Å². The average molecular weight is 976 g/mol. The van der Waals surface area contributed by atoms with Crippen LogP contribution >= 0.6 is 7.68 Å². The number of benzene rings is 1. The van der Waals surface area contributed by atoms with Gasteiger partial charge in [-0.1, -0.05) is 135 Å². The first-order valence-corrected chi connectivity index (χ1v) is 27.5. The zero-order valence-electron chi connectivity index (χ0n) is 41.7. The van der Waals surface area contributed by atoms with E-state index in [1.54, 1.807) is 0 Å². The molecule has 67 heavy (non-hydrogen) atoms. The van der Waals surface area contributed by atoms with Gasteiger partial charge in [0, 0.05) is 6.07 Å². The van der Waals surface area contributed by atoms with Gasteiger partial charge in [-0.05, 0) is 30.5 Å². The van der Waals surface area contributed by atoms with Gasteiger partial charge < -0.3 is 52.3 Å². The van der Waals surface area contributed by atoms with Crippen LogP contribution in [0.4, 0.5) is 4.20 Å². The van der Waals surface area contributed by atoms with Gasteiger partial charge in [-0.3, -0.25) is 4.57 Å². The van der Waals surface area contributed by atoms with Gasteiger partial charge in [0.05, 0.1) is 138 Å². The van der Waals surface area contributed by atoms with E-state index >= 15 is 0 Å². The van der Waals surface area contributed by atoms with E-state index in [-0.39, 0.29) is 13.2 Å². The molecule has 0 spiro atoms. The number of hydrogen-bond acceptors (Lipinski definition) is 13. The molecule has 0 aliphatic rings. The highest BCUT2D eigenvalue weighted by Crippen LogP contribution is 2.41. The zero-order valence-corrected chi connectivity index (χ0v) is 42.6. The van der Waals surface area contributed by atoms with Crippen LogP contribution in [0.15, 0.2) is 24.4 Å². The monoisotopic (exact) mass is 976 g/mol. The maximum Gasteiger partial charge on any atom is 0.367 e. The molecule has 0 saturated heterocycles. The Morgan fingerprint density at radius 1 is 0.478 bits per heavy atom. The Kier molecular flexibility index (Phi) is 40.8. The summed E-state index contributed by atoms with van der Waals surface area (Å²) in [7, 11) is -4.51. The third-order valence-corrected chi connectivity index (χ3v) is 11.5. The maximum atomic E-state index is 12.5. The van der Waals surface area contributed by atoms with E-state index in [2.05, 4.69) is 36.3 Å². The fraction of sp³-hybridized carbons (Fsp3) is 0.840. The Balaban J connectivity index is 1.53. The van der Waals surface area contributed by atoms with Crippen LogP contribution < -0.4 is 9.47 Å². The second-order valence-corrected chi connectivity index (χ2v) is 18.6. The van der Waals surface area contributed by atoms with Crippen LogP contribution in [-0.2, 0) is 55.6 Å². The fourth-order valence-electron chi connectivity index (χ4n) is 7.01. The molecule has 1 aromatic carbocycles. The first kappa shape index (κ1) is 60.9. The van der Waals surface area contributed by atoms with Gasteiger partial charge >= 0.3 is 7.68 Å². The molecule has 0 aliphatic carbocycles. The first-order chi connectivity index (χ1) is 32.9. The summed E-state index contributed by atoms with van der Waals surface area (Å²) in [6, 6.07) is 6.22. The Morgan fingerprint density at radius 2 is 0.821 bits per heavy atom. The van der Waals surface area contributed by atoms with Gasteiger partial charge in [-0.2, -0.15) is 4.20 Å². The lowest BCUT2D eigenvalue weighted by Crippen LogP contribution is -2.15. The molecule has 0 amide bonds. The number of aromatic nitrogens is 3. The fourth-order valence-corrected chi connectivity index (χ4v) is 7.36. The second kappa shape index (κ2) is 44.9. The lowest BCUT2D eigenvalue weighted by molar-refractivity contribution is -0.0234. The molecular formula is C50H91FN3O12P. The summed E-state index contributed by atoms with van der Waals surface area (Å²) < 4.78 is 81.1. The van der Waals surface area contributed by atoms with E-state index in [1.807, 2.05) is 16.9 Å². The quantitative estimate of drug-likeness (QED) is 0.0493. The van der Waals surface area contributed by atoms with Crippen molar-refractivity contribution >= 4 is 7.68 Å². The van der Waals surface area contributed by atoms with E-state index in [0.717, 1.165) is 35.6 Å². The Bertz CT molecular complexity index is 1380. The number of hydrogen-bond donors (Lipinski definition) is 1. The van der Waals surface area contributed by atoms with E-state index in [4.69, 9.17) is 52.3 Å². The normalized spacial score (nSPS) is 12.5. The average Bonchev–Trinajstić information content (AvgIpc) is 3.76. The van der Waals surface area contributed by atoms with Gasteiger partial charge in [-0.15, -0.1) is 5.10 Å². The largest absolute Gasteiger partial charge is 0.493 e. The van der Waals surface area contributed by atoms with Gasteiger partial charge in [-0.25, -0.2) is 4.68 Å². The summed E-state index contributed by atoms with van der Waals surface area (Å²) in [6.45, 7) is 12.6. The first-order valence-electron chi connectivity index (χ1n) is 25.8. The van der Waals surface area contributed by atoms with E-state index in [9.17, 15) is 8.76 Å². The molecule has 0 radical (unpaired) electrons. The standard InChI is InChI=1S/C50H91FN3O12P/c1-3-5-7-9-11-13-15-17-19-21-23-65-49-41-47(42-50(43-49)66-24-22-20-18-16-14-12-10-8-6-4-2)44-54-45-48(52-53-54)46-64-38-37-62-34-33-60-30-29-58-26-25-57-27-28-59-31-32-61-35-36-63-39-40-67(51,55)56/h41-43,45H,3-40,44,46H2,1-2H3,(H,55,56). The predicted octanol–water partition coefficient (Wildman–Crippen LogP) is 10.7. The van der Waals surface area contributed by atoms with Crippen molar-refractivity contribution in [3.05, 3.63) is 35.7 Å². The van der Waals surface area contributed by atoms with Crippen molar-refractivity contribution in [2.45, 2.75) is 155 Å². The lowest BCUT2D eigenvalue weighted by Gasteiger charge is -2.13. The minimum absolute atomic E-state index is 0.120. The van der Waals surface area contributed by atoms with Crippen molar-refractivity contribution in [3.63, 3.8) is 0 Å². The summed E-state index contributed by atoms with van der Waals surface area (Å²) in [5, 5.41) is 8.69. The van der Waals surface area contributed by atoms with Crippen molar-refractivity contribution < 1.29 is 61.0 Å². The third kappa shape index (κ3) is 40.2. The molecule has 0 aliphatic heterocycles. The van der Waals surface area contributed by atoms with Crippen LogP contribution in [0.5, 0.6) is 11.5 Å². The van der Waals surface area contributed by atoms with Gasteiger partial charge in [0.15, 0.2) is 0 Å². The Morgan fingerprint density at radius 3 is 1.19 bits per heavy atom. The van der Waals surface area contributed by atoms with Gasteiger partial charge in [0.25, 0.3) is 0 Å². The molecule has 2 rings (SSSR count). The summed E-state index contributed by atoms with van der Waals surface area (Å²) in [4.78, 5) is 8.54. The molecule has 0 fully saturated rings. The number of rotatable bonds is 52. The van der Waals surface area contributed by atoms with Crippen LogP contribution in [0.2, 0.25) is 0 Å². The predicted molar refractivity (Wildman–Crippen MR) is 261 cm³/mol. The highest BCUT2D eigenvalue weighted by Gasteiger charge is 2.14. The minimum atomic E-state index is -4.51. The molecule has 0 bridgehead atoms.